The molecule has 2 aromatic carbocycles. The fraction of sp³-hybridized carbons (Fsp3) is 0.278. The number of hydrogen-bond donors (Lipinski definition) is 2. The lowest BCUT2D eigenvalue weighted by atomic mass is 10.0. The van der Waals surface area contributed by atoms with Crippen LogP contribution < -0.4 is 10.6 Å². The van der Waals surface area contributed by atoms with Crippen LogP contribution >= 0.6 is 0 Å². The molecule has 0 saturated carbocycles. The van der Waals surface area contributed by atoms with E-state index in [2.05, 4.69) is 46.6 Å². The molecule has 2 rings (SSSR count). The van der Waals surface area contributed by atoms with E-state index < -0.39 is 6.09 Å². The number of ether oxygens (including phenoxy) is 1. The first-order chi connectivity index (χ1) is 10.7. The van der Waals surface area contributed by atoms with Gasteiger partial charge in [-0.2, -0.15) is 0 Å². The predicted octanol–water partition coefficient (Wildman–Crippen LogP) is 4.11. The minimum Gasteiger partial charge on any atom is -0.453 e. The summed E-state index contributed by atoms with van der Waals surface area (Å²) in [6, 6.07) is 18.5. The van der Waals surface area contributed by atoms with Crippen molar-refractivity contribution in [1.82, 2.24) is 5.32 Å². The van der Waals surface area contributed by atoms with Crippen molar-refractivity contribution in [2.75, 3.05) is 12.4 Å². The van der Waals surface area contributed by atoms with Gasteiger partial charge in [-0.15, -0.1) is 0 Å². The molecular formula is C18H22N2O2. The Kier molecular flexibility index (Phi) is 5.98. The number of carbonyl (C=O) groups excluding carboxylic acids is 1. The van der Waals surface area contributed by atoms with Crippen LogP contribution in [0.15, 0.2) is 54.6 Å². The van der Waals surface area contributed by atoms with Gasteiger partial charge in [-0.05, 0) is 29.7 Å². The van der Waals surface area contributed by atoms with Gasteiger partial charge in [-0.25, -0.2) is 4.79 Å². The van der Waals surface area contributed by atoms with E-state index in [1.54, 1.807) is 0 Å². The average molecular weight is 298 g/mol. The van der Waals surface area contributed by atoms with Crippen LogP contribution in [0.4, 0.5) is 10.5 Å². The van der Waals surface area contributed by atoms with Gasteiger partial charge in [-0.1, -0.05) is 49.4 Å². The zero-order valence-corrected chi connectivity index (χ0v) is 13.0. The Morgan fingerprint density at radius 3 is 2.36 bits per heavy atom. The van der Waals surface area contributed by atoms with Crippen molar-refractivity contribution >= 4 is 11.8 Å². The molecular weight excluding hydrogens is 276 g/mol. The summed E-state index contributed by atoms with van der Waals surface area (Å²) < 4.78 is 4.56. The number of nitrogens with one attached hydrogen (secondary N) is 2. The summed E-state index contributed by atoms with van der Waals surface area (Å²) in [4.78, 5) is 11.1. The first kappa shape index (κ1) is 16.0. The maximum Gasteiger partial charge on any atom is 0.411 e. The van der Waals surface area contributed by atoms with Gasteiger partial charge in [0.1, 0.15) is 0 Å². The topological polar surface area (TPSA) is 50.4 Å². The molecule has 4 heteroatoms. The Labute approximate surface area is 131 Å². The SMILES string of the molecule is CC[C@H](NCc1ccc(NC(=O)OC)cc1)c1ccccc1. The molecule has 116 valence electrons. The molecule has 2 aromatic rings. The Hall–Kier alpha value is -2.33. The molecule has 0 fully saturated rings. The Balaban J connectivity index is 1.92. The quantitative estimate of drug-likeness (QED) is 0.844. The molecule has 0 unspecified atom stereocenters. The van der Waals surface area contributed by atoms with Crippen molar-refractivity contribution in [1.29, 1.82) is 0 Å². The van der Waals surface area contributed by atoms with E-state index in [1.807, 2.05) is 30.3 Å². The molecule has 0 aliphatic heterocycles. The van der Waals surface area contributed by atoms with Crippen LogP contribution in [0.25, 0.3) is 0 Å². The van der Waals surface area contributed by atoms with Gasteiger partial charge in [0, 0.05) is 18.3 Å². The Morgan fingerprint density at radius 1 is 1.09 bits per heavy atom. The summed E-state index contributed by atoms with van der Waals surface area (Å²) >= 11 is 0. The first-order valence-corrected chi connectivity index (χ1v) is 7.45. The highest BCUT2D eigenvalue weighted by molar-refractivity contribution is 5.84. The number of amides is 1. The van der Waals surface area contributed by atoms with Crippen LogP contribution in [0, 0.1) is 0 Å². The molecule has 0 heterocycles. The molecule has 0 spiro atoms. The smallest absolute Gasteiger partial charge is 0.411 e. The van der Waals surface area contributed by atoms with E-state index >= 15 is 0 Å². The average Bonchev–Trinajstić information content (AvgIpc) is 2.57. The molecule has 1 atom stereocenters. The fourth-order valence-electron chi connectivity index (χ4n) is 2.30. The maximum atomic E-state index is 11.1. The van der Waals surface area contributed by atoms with Crippen molar-refractivity contribution in [3.63, 3.8) is 0 Å². The molecule has 0 aliphatic rings. The standard InChI is InChI=1S/C18H22N2O2/c1-3-17(15-7-5-4-6-8-15)19-13-14-9-11-16(12-10-14)20-18(21)22-2/h4-12,17,19H,3,13H2,1-2H3,(H,20,21)/t17-/m0/s1. The molecule has 0 aromatic heterocycles. The monoisotopic (exact) mass is 298 g/mol. The third kappa shape index (κ3) is 4.60. The summed E-state index contributed by atoms with van der Waals surface area (Å²) in [6.07, 6.45) is 0.576. The normalized spacial score (nSPS) is 11.7. The summed E-state index contributed by atoms with van der Waals surface area (Å²) in [7, 11) is 1.35. The number of carbonyl (C=O) groups is 1. The summed E-state index contributed by atoms with van der Waals surface area (Å²) in [5.74, 6) is 0. The lowest BCUT2D eigenvalue weighted by Crippen LogP contribution is -2.20. The van der Waals surface area contributed by atoms with Gasteiger partial charge in [0.25, 0.3) is 0 Å². The van der Waals surface area contributed by atoms with Gasteiger partial charge in [0.05, 0.1) is 7.11 Å². The fourth-order valence-corrected chi connectivity index (χ4v) is 2.30. The van der Waals surface area contributed by atoms with E-state index in [4.69, 9.17) is 0 Å². The lowest BCUT2D eigenvalue weighted by molar-refractivity contribution is 0.187. The second-order valence-corrected chi connectivity index (χ2v) is 5.07. The van der Waals surface area contributed by atoms with Gasteiger partial charge in [0.15, 0.2) is 0 Å². The highest BCUT2D eigenvalue weighted by Gasteiger charge is 2.08. The van der Waals surface area contributed by atoms with Crippen LogP contribution in [-0.2, 0) is 11.3 Å². The summed E-state index contributed by atoms with van der Waals surface area (Å²) in [6.45, 7) is 2.96. The Morgan fingerprint density at radius 2 is 1.77 bits per heavy atom. The van der Waals surface area contributed by atoms with Crippen LogP contribution in [0.2, 0.25) is 0 Å². The first-order valence-electron chi connectivity index (χ1n) is 7.45. The third-order valence-corrected chi connectivity index (χ3v) is 3.55. The lowest BCUT2D eigenvalue weighted by Gasteiger charge is -2.17. The van der Waals surface area contributed by atoms with E-state index in [1.165, 1.54) is 18.2 Å². The zero-order chi connectivity index (χ0) is 15.8. The van der Waals surface area contributed by atoms with Crippen molar-refractivity contribution in [3.8, 4) is 0 Å². The van der Waals surface area contributed by atoms with Crippen LogP contribution in [0.3, 0.4) is 0 Å². The van der Waals surface area contributed by atoms with Crippen LogP contribution in [0.1, 0.15) is 30.5 Å². The van der Waals surface area contributed by atoms with E-state index in [9.17, 15) is 4.79 Å². The van der Waals surface area contributed by atoms with Crippen molar-refractivity contribution < 1.29 is 9.53 Å². The number of methoxy groups -OCH3 is 1. The largest absolute Gasteiger partial charge is 0.453 e. The van der Waals surface area contributed by atoms with Crippen LogP contribution in [-0.4, -0.2) is 13.2 Å². The molecule has 0 saturated heterocycles. The second-order valence-electron chi connectivity index (χ2n) is 5.07. The van der Waals surface area contributed by atoms with Gasteiger partial charge < -0.3 is 10.1 Å². The molecule has 0 aliphatic carbocycles. The van der Waals surface area contributed by atoms with Gasteiger partial charge >= 0.3 is 6.09 Å². The highest BCUT2D eigenvalue weighted by Crippen LogP contribution is 2.17. The Bertz CT molecular complexity index is 582. The maximum absolute atomic E-state index is 11.1. The molecule has 0 radical (unpaired) electrons. The number of hydrogen-bond acceptors (Lipinski definition) is 3. The number of benzene rings is 2. The molecule has 1 amide bonds. The molecule has 22 heavy (non-hydrogen) atoms. The second kappa shape index (κ2) is 8.20. The zero-order valence-electron chi connectivity index (χ0n) is 13.0. The van der Waals surface area contributed by atoms with Crippen molar-refractivity contribution in [3.05, 3.63) is 65.7 Å². The number of rotatable bonds is 6. The van der Waals surface area contributed by atoms with Gasteiger partial charge in [0.2, 0.25) is 0 Å². The summed E-state index contributed by atoms with van der Waals surface area (Å²) in [5, 5.41) is 6.20. The van der Waals surface area contributed by atoms with E-state index in [-0.39, 0.29) is 0 Å². The van der Waals surface area contributed by atoms with E-state index in [0.29, 0.717) is 6.04 Å². The van der Waals surface area contributed by atoms with Crippen molar-refractivity contribution in [2.24, 2.45) is 0 Å². The minimum absolute atomic E-state index is 0.342. The summed E-state index contributed by atoms with van der Waals surface area (Å²) in [5.41, 5.74) is 3.20. The predicted molar refractivity (Wildman–Crippen MR) is 88.8 cm³/mol. The highest BCUT2D eigenvalue weighted by atomic mass is 16.5. The molecule has 2 N–H and O–H groups in total. The minimum atomic E-state index is -0.457. The van der Waals surface area contributed by atoms with Gasteiger partial charge in [-0.3, -0.25) is 5.32 Å². The third-order valence-electron chi connectivity index (χ3n) is 3.55. The number of anilines is 1. The van der Waals surface area contributed by atoms with Crippen molar-refractivity contribution in [2.45, 2.75) is 25.9 Å². The van der Waals surface area contributed by atoms with E-state index in [0.717, 1.165) is 18.7 Å². The van der Waals surface area contributed by atoms with Crippen LogP contribution in [0.5, 0.6) is 0 Å². The molecule has 4 nitrogen and oxygen atoms in total. The molecule has 0 bridgehead atoms.